The van der Waals surface area contributed by atoms with E-state index in [9.17, 15) is 0 Å². The zero-order chi connectivity index (χ0) is 12.1. The lowest BCUT2D eigenvalue weighted by Gasteiger charge is -2.35. The van der Waals surface area contributed by atoms with E-state index in [-0.39, 0.29) is 0 Å². The van der Waals surface area contributed by atoms with Crippen LogP contribution in [0.2, 0.25) is 0 Å². The highest BCUT2D eigenvalue weighted by Crippen LogP contribution is 2.29. The lowest BCUT2D eigenvalue weighted by atomic mass is 9.98. The van der Waals surface area contributed by atoms with Gasteiger partial charge in [-0.15, -0.1) is 0 Å². The van der Waals surface area contributed by atoms with Crippen LogP contribution in [-0.4, -0.2) is 36.6 Å². The number of hydrogen-bond donors (Lipinski definition) is 1. The molecule has 2 aliphatic heterocycles. The van der Waals surface area contributed by atoms with Crippen LogP contribution in [0.25, 0.3) is 0 Å². The monoisotopic (exact) mass is 238 g/mol. The van der Waals surface area contributed by atoms with E-state index >= 15 is 0 Å². The Morgan fingerprint density at radius 3 is 2.29 bits per heavy atom. The summed E-state index contributed by atoms with van der Waals surface area (Å²) in [5.74, 6) is 0. The smallest absolute Gasteiger partial charge is 0.0122 e. The molecule has 0 aromatic rings. The van der Waals surface area contributed by atoms with E-state index < -0.39 is 0 Å². The Hall–Kier alpha value is -0.0800. The van der Waals surface area contributed by atoms with Crippen molar-refractivity contribution in [3.63, 3.8) is 0 Å². The third-order valence-corrected chi connectivity index (χ3v) is 4.69. The van der Waals surface area contributed by atoms with Crippen LogP contribution in [0.5, 0.6) is 0 Å². The van der Waals surface area contributed by atoms with Crippen molar-refractivity contribution in [3.05, 3.63) is 0 Å². The molecule has 0 radical (unpaired) electrons. The van der Waals surface area contributed by atoms with Crippen molar-refractivity contribution in [2.24, 2.45) is 0 Å². The lowest BCUT2D eigenvalue weighted by Crippen LogP contribution is -2.47. The molecule has 2 atom stereocenters. The van der Waals surface area contributed by atoms with Gasteiger partial charge in [0, 0.05) is 18.1 Å². The van der Waals surface area contributed by atoms with Gasteiger partial charge in [-0.05, 0) is 45.7 Å². The van der Waals surface area contributed by atoms with Crippen molar-refractivity contribution in [3.8, 4) is 0 Å². The molecule has 2 bridgehead atoms. The molecule has 2 nitrogen and oxygen atoms in total. The Bertz CT molecular complexity index is 205. The number of nitrogens with zero attached hydrogens (tertiary/aromatic N) is 1. The number of unbranched alkanes of at least 4 members (excludes halogenated alkanes) is 4. The van der Waals surface area contributed by atoms with Gasteiger partial charge in [0.25, 0.3) is 0 Å². The second-order valence-corrected chi connectivity index (χ2v) is 6.16. The van der Waals surface area contributed by atoms with E-state index in [1.165, 1.54) is 64.3 Å². The van der Waals surface area contributed by atoms with E-state index in [1.54, 1.807) is 0 Å². The van der Waals surface area contributed by atoms with E-state index in [4.69, 9.17) is 0 Å². The maximum absolute atomic E-state index is 3.73. The van der Waals surface area contributed by atoms with Gasteiger partial charge in [-0.25, -0.2) is 0 Å². The molecule has 100 valence electrons. The van der Waals surface area contributed by atoms with Gasteiger partial charge in [-0.3, -0.25) is 0 Å². The Morgan fingerprint density at radius 2 is 1.65 bits per heavy atom. The van der Waals surface area contributed by atoms with Gasteiger partial charge in [0.05, 0.1) is 0 Å². The van der Waals surface area contributed by atoms with Crippen molar-refractivity contribution < 1.29 is 0 Å². The summed E-state index contributed by atoms with van der Waals surface area (Å²) in [6.45, 7) is 3.60. The van der Waals surface area contributed by atoms with Crippen LogP contribution in [0.3, 0.4) is 0 Å². The normalized spacial score (nSPS) is 32.3. The number of piperidine rings is 1. The molecule has 2 aliphatic rings. The fraction of sp³-hybridized carbons (Fsp3) is 1.00. The van der Waals surface area contributed by atoms with E-state index in [0.29, 0.717) is 0 Å². The molecule has 0 aromatic carbocycles. The minimum atomic E-state index is 0.835. The fourth-order valence-electron chi connectivity index (χ4n) is 3.53. The number of hydrogen-bond acceptors (Lipinski definition) is 2. The van der Waals surface area contributed by atoms with Crippen molar-refractivity contribution in [1.82, 2.24) is 10.2 Å². The van der Waals surface area contributed by atoms with Crippen LogP contribution in [0.4, 0.5) is 0 Å². The summed E-state index contributed by atoms with van der Waals surface area (Å²) in [4.78, 5) is 2.64. The van der Waals surface area contributed by atoms with Crippen LogP contribution in [0.15, 0.2) is 0 Å². The molecular formula is C15H30N2. The average molecular weight is 238 g/mol. The first-order valence-electron chi connectivity index (χ1n) is 7.76. The highest BCUT2D eigenvalue weighted by Gasteiger charge is 2.34. The van der Waals surface area contributed by atoms with Crippen molar-refractivity contribution in [1.29, 1.82) is 0 Å². The zero-order valence-electron chi connectivity index (χ0n) is 11.8. The minimum Gasteiger partial charge on any atom is -0.311 e. The maximum atomic E-state index is 3.73. The first kappa shape index (κ1) is 13.4. The Balaban J connectivity index is 1.61. The lowest BCUT2D eigenvalue weighted by molar-refractivity contribution is 0.170. The molecule has 17 heavy (non-hydrogen) atoms. The molecule has 2 heterocycles. The second kappa shape index (κ2) is 6.75. The van der Waals surface area contributed by atoms with Gasteiger partial charge in [-0.2, -0.15) is 0 Å². The summed E-state index contributed by atoms with van der Waals surface area (Å²) in [7, 11) is 2.34. The molecule has 0 spiro atoms. The minimum absolute atomic E-state index is 0.835. The molecule has 2 unspecified atom stereocenters. The van der Waals surface area contributed by atoms with Crippen LogP contribution >= 0.6 is 0 Å². The molecule has 2 saturated heterocycles. The van der Waals surface area contributed by atoms with Crippen molar-refractivity contribution in [2.45, 2.75) is 82.8 Å². The summed E-state index contributed by atoms with van der Waals surface area (Å²) in [6.07, 6.45) is 12.7. The predicted octanol–water partition coefficient (Wildman–Crippen LogP) is 3.17. The number of fused-ring (bicyclic) bond motifs is 2. The number of rotatable bonds is 7. The van der Waals surface area contributed by atoms with Crippen molar-refractivity contribution >= 4 is 0 Å². The fourth-order valence-corrected chi connectivity index (χ4v) is 3.53. The maximum Gasteiger partial charge on any atom is 0.0122 e. The van der Waals surface area contributed by atoms with Gasteiger partial charge < -0.3 is 10.2 Å². The molecule has 0 amide bonds. The summed E-state index contributed by atoms with van der Waals surface area (Å²) >= 11 is 0. The van der Waals surface area contributed by atoms with Crippen LogP contribution < -0.4 is 5.32 Å². The first-order valence-corrected chi connectivity index (χ1v) is 7.76. The quantitative estimate of drug-likeness (QED) is 0.685. The molecule has 2 heteroatoms. The second-order valence-electron chi connectivity index (χ2n) is 6.16. The molecule has 1 N–H and O–H groups in total. The molecule has 2 fully saturated rings. The van der Waals surface area contributed by atoms with Gasteiger partial charge in [0.15, 0.2) is 0 Å². The third-order valence-electron chi connectivity index (χ3n) is 4.69. The molecule has 0 aromatic heterocycles. The van der Waals surface area contributed by atoms with Crippen LogP contribution in [0.1, 0.15) is 64.7 Å². The molecule has 0 saturated carbocycles. The van der Waals surface area contributed by atoms with Crippen LogP contribution in [-0.2, 0) is 0 Å². The first-order chi connectivity index (χ1) is 8.29. The Morgan fingerprint density at radius 1 is 1.00 bits per heavy atom. The van der Waals surface area contributed by atoms with Crippen molar-refractivity contribution in [2.75, 3.05) is 13.6 Å². The van der Waals surface area contributed by atoms with Gasteiger partial charge >= 0.3 is 0 Å². The topological polar surface area (TPSA) is 15.3 Å². The predicted molar refractivity (Wildman–Crippen MR) is 74.4 cm³/mol. The van der Waals surface area contributed by atoms with Gasteiger partial charge in [0.2, 0.25) is 0 Å². The molecule has 2 rings (SSSR count). The third kappa shape index (κ3) is 3.96. The summed E-state index contributed by atoms with van der Waals surface area (Å²) in [5, 5.41) is 3.73. The summed E-state index contributed by atoms with van der Waals surface area (Å²) < 4.78 is 0. The largest absolute Gasteiger partial charge is 0.311 e. The standard InChI is InChI=1S/C15H30N2/c1-3-4-5-6-7-10-17(2)15-11-13-8-9-14(12-15)16-13/h13-16H,3-12H2,1-2H3. The highest BCUT2D eigenvalue weighted by molar-refractivity contribution is 4.95. The molecular weight excluding hydrogens is 208 g/mol. The van der Waals surface area contributed by atoms with E-state index in [0.717, 1.165) is 18.1 Å². The van der Waals surface area contributed by atoms with Gasteiger partial charge in [0.1, 0.15) is 0 Å². The Labute approximate surface area is 107 Å². The van der Waals surface area contributed by atoms with Gasteiger partial charge in [-0.1, -0.05) is 32.6 Å². The summed E-state index contributed by atoms with van der Waals surface area (Å²) in [5.41, 5.74) is 0. The van der Waals surface area contributed by atoms with Crippen LogP contribution in [0, 0.1) is 0 Å². The highest BCUT2D eigenvalue weighted by atomic mass is 15.2. The number of nitrogens with one attached hydrogen (secondary N) is 1. The van der Waals surface area contributed by atoms with E-state index in [1.807, 2.05) is 0 Å². The average Bonchev–Trinajstić information content (AvgIpc) is 2.67. The summed E-state index contributed by atoms with van der Waals surface area (Å²) in [6, 6.07) is 2.53. The van der Waals surface area contributed by atoms with E-state index in [2.05, 4.69) is 24.2 Å². The SMILES string of the molecule is CCCCCCCN(C)C1CC2CCC(C1)N2. The molecule has 0 aliphatic carbocycles. The zero-order valence-corrected chi connectivity index (χ0v) is 11.8. The Kier molecular flexibility index (Phi) is 5.30.